The van der Waals surface area contributed by atoms with Gasteiger partial charge in [-0.25, -0.2) is 0 Å². The summed E-state index contributed by atoms with van der Waals surface area (Å²) in [4.78, 5) is 24.1. The Morgan fingerprint density at radius 3 is 2.46 bits per heavy atom. The van der Waals surface area contributed by atoms with Crippen LogP contribution in [0.1, 0.15) is 48.4 Å². The zero-order chi connectivity index (χ0) is 19.1. The Bertz CT molecular complexity index is 804. The van der Waals surface area contributed by atoms with Gasteiger partial charge in [-0.15, -0.1) is 0 Å². The molecular formula is C20H26N4O2. The number of aryl methyl sites for hydroxylation is 2. The average Bonchev–Trinajstić information content (AvgIpc) is 2.88. The van der Waals surface area contributed by atoms with Crippen LogP contribution in [0.5, 0.6) is 0 Å². The predicted molar refractivity (Wildman–Crippen MR) is 104 cm³/mol. The maximum atomic E-state index is 12.5. The molecule has 138 valence electrons. The van der Waals surface area contributed by atoms with Crippen molar-refractivity contribution in [3.63, 3.8) is 0 Å². The Balaban J connectivity index is 2.08. The summed E-state index contributed by atoms with van der Waals surface area (Å²) in [6, 6.07) is 6.79. The fourth-order valence-electron chi connectivity index (χ4n) is 2.63. The van der Waals surface area contributed by atoms with Gasteiger partial charge in [-0.3, -0.25) is 14.3 Å². The third-order valence-electron chi connectivity index (χ3n) is 4.08. The van der Waals surface area contributed by atoms with Crippen molar-refractivity contribution < 1.29 is 9.59 Å². The number of amides is 2. The molecule has 0 fully saturated rings. The van der Waals surface area contributed by atoms with Gasteiger partial charge in [0.25, 0.3) is 5.91 Å². The summed E-state index contributed by atoms with van der Waals surface area (Å²) in [5, 5.41) is 10.2. The number of unbranched alkanes of at least 4 members (excludes halogenated alkanes) is 1. The van der Waals surface area contributed by atoms with E-state index in [0.717, 1.165) is 36.5 Å². The summed E-state index contributed by atoms with van der Waals surface area (Å²) in [5.74, 6) is -0.395. The van der Waals surface area contributed by atoms with Crippen LogP contribution < -0.4 is 10.6 Å². The Morgan fingerprint density at radius 1 is 1.15 bits per heavy atom. The van der Waals surface area contributed by atoms with Gasteiger partial charge >= 0.3 is 0 Å². The number of carbonyl (C=O) groups is 2. The fourth-order valence-corrected chi connectivity index (χ4v) is 2.63. The number of benzene rings is 1. The van der Waals surface area contributed by atoms with Crippen molar-refractivity contribution >= 4 is 23.2 Å². The van der Waals surface area contributed by atoms with Gasteiger partial charge in [0.05, 0.1) is 17.1 Å². The molecule has 0 spiro atoms. The third-order valence-corrected chi connectivity index (χ3v) is 4.08. The van der Waals surface area contributed by atoms with Gasteiger partial charge in [-0.2, -0.15) is 5.10 Å². The van der Waals surface area contributed by atoms with Crippen molar-refractivity contribution in [3.05, 3.63) is 53.4 Å². The first-order chi connectivity index (χ1) is 12.5. The van der Waals surface area contributed by atoms with Gasteiger partial charge in [0.15, 0.2) is 0 Å². The number of hydrogen-bond acceptors (Lipinski definition) is 3. The second-order valence-electron chi connectivity index (χ2n) is 6.14. The number of nitrogens with zero attached hydrogens (tertiary/aromatic N) is 2. The molecule has 2 amide bonds. The molecule has 2 aromatic rings. The molecule has 0 saturated heterocycles. The molecule has 6 nitrogen and oxygen atoms in total. The lowest BCUT2D eigenvalue weighted by molar-refractivity contribution is -0.111. The lowest BCUT2D eigenvalue weighted by Gasteiger charge is -2.08. The highest BCUT2D eigenvalue weighted by molar-refractivity contribution is 6.05. The van der Waals surface area contributed by atoms with Crippen molar-refractivity contribution in [1.29, 1.82) is 0 Å². The van der Waals surface area contributed by atoms with Gasteiger partial charge in [0.1, 0.15) is 0 Å². The maximum Gasteiger partial charge on any atom is 0.255 e. The summed E-state index contributed by atoms with van der Waals surface area (Å²) < 4.78 is 1.94. The smallest absolute Gasteiger partial charge is 0.255 e. The average molecular weight is 354 g/mol. The number of hydrogen-bond donors (Lipinski definition) is 2. The normalized spacial score (nSPS) is 10.9. The second-order valence-corrected chi connectivity index (χ2v) is 6.14. The first-order valence-electron chi connectivity index (χ1n) is 8.85. The van der Waals surface area contributed by atoms with Crippen LogP contribution in [0.4, 0.5) is 11.4 Å². The minimum Gasteiger partial charge on any atom is -0.323 e. The SMILES string of the molecule is C/C=C/C(=O)Nc1ccc(C(=O)Nc2c(C)nn(CCCC)c2C)cc1. The Labute approximate surface area is 154 Å². The van der Waals surface area contributed by atoms with Crippen molar-refractivity contribution in [1.82, 2.24) is 9.78 Å². The van der Waals surface area contributed by atoms with E-state index in [2.05, 4.69) is 22.7 Å². The number of rotatable bonds is 7. The molecule has 0 aliphatic heterocycles. The number of carbonyl (C=O) groups excluding carboxylic acids is 2. The highest BCUT2D eigenvalue weighted by Gasteiger charge is 2.15. The van der Waals surface area contributed by atoms with Crippen molar-refractivity contribution in [3.8, 4) is 0 Å². The van der Waals surface area contributed by atoms with Crippen LogP contribution in [0.2, 0.25) is 0 Å². The van der Waals surface area contributed by atoms with E-state index in [-0.39, 0.29) is 11.8 Å². The van der Waals surface area contributed by atoms with Crippen LogP contribution >= 0.6 is 0 Å². The Kier molecular flexibility index (Phi) is 6.72. The summed E-state index contributed by atoms with van der Waals surface area (Å²) >= 11 is 0. The Morgan fingerprint density at radius 2 is 1.85 bits per heavy atom. The number of aromatic nitrogens is 2. The van der Waals surface area contributed by atoms with Crippen LogP contribution in [0.25, 0.3) is 0 Å². The monoisotopic (exact) mass is 354 g/mol. The minimum atomic E-state index is -0.199. The molecule has 1 heterocycles. The van der Waals surface area contributed by atoms with Crippen LogP contribution in [-0.2, 0) is 11.3 Å². The summed E-state index contributed by atoms with van der Waals surface area (Å²) in [6.07, 6.45) is 5.26. The largest absolute Gasteiger partial charge is 0.323 e. The van der Waals surface area contributed by atoms with Crippen LogP contribution in [-0.4, -0.2) is 21.6 Å². The third kappa shape index (κ3) is 4.81. The molecule has 2 N–H and O–H groups in total. The van der Waals surface area contributed by atoms with Crippen molar-refractivity contribution in [2.45, 2.75) is 47.1 Å². The van der Waals surface area contributed by atoms with Gasteiger partial charge in [0, 0.05) is 17.8 Å². The van der Waals surface area contributed by atoms with Crippen LogP contribution in [0.3, 0.4) is 0 Å². The number of allylic oxidation sites excluding steroid dienone is 1. The summed E-state index contributed by atoms with van der Waals surface area (Å²) in [7, 11) is 0. The first-order valence-corrected chi connectivity index (χ1v) is 8.85. The quantitative estimate of drug-likeness (QED) is 0.736. The molecule has 0 unspecified atom stereocenters. The second kappa shape index (κ2) is 8.99. The lowest BCUT2D eigenvalue weighted by atomic mass is 10.2. The molecular weight excluding hydrogens is 328 g/mol. The first kappa shape index (κ1) is 19.4. The van der Waals surface area contributed by atoms with Crippen LogP contribution in [0, 0.1) is 13.8 Å². The zero-order valence-electron chi connectivity index (χ0n) is 15.8. The highest BCUT2D eigenvalue weighted by Crippen LogP contribution is 2.21. The summed E-state index contributed by atoms with van der Waals surface area (Å²) in [6.45, 7) is 8.62. The number of anilines is 2. The lowest BCUT2D eigenvalue weighted by Crippen LogP contribution is -2.14. The van der Waals surface area contributed by atoms with E-state index >= 15 is 0 Å². The summed E-state index contributed by atoms with van der Waals surface area (Å²) in [5.41, 5.74) is 3.69. The topological polar surface area (TPSA) is 76.0 Å². The molecule has 2 rings (SSSR count). The van der Waals surface area contributed by atoms with Gasteiger partial charge < -0.3 is 10.6 Å². The molecule has 0 atom stereocenters. The minimum absolute atomic E-state index is 0.197. The van der Waals surface area contributed by atoms with Crippen LogP contribution in [0.15, 0.2) is 36.4 Å². The molecule has 0 bridgehead atoms. The van der Waals surface area contributed by atoms with Gasteiger partial charge in [-0.05, 0) is 57.5 Å². The van der Waals surface area contributed by atoms with E-state index < -0.39 is 0 Å². The molecule has 26 heavy (non-hydrogen) atoms. The molecule has 0 aliphatic carbocycles. The predicted octanol–water partition coefficient (Wildman–Crippen LogP) is 4.07. The Hall–Kier alpha value is -2.89. The van der Waals surface area contributed by atoms with E-state index in [9.17, 15) is 9.59 Å². The molecule has 0 aliphatic rings. The van der Waals surface area contributed by atoms with E-state index in [1.165, 1.54) is 6.08 Å². The fraction of sp³-hybridized carbons (Fsp3) is 0.350. The van der Waals surface area contributed by atoms with Crippen molar-refractivity contribution in [2.24, 2.45) is 0 Å². The standard InChI is InChI=1S/C20H26N4O2/c1-5-7-13-24-15(4)19(14(3)23-24)22-20(26)16-9-11-17(12-10-16)21-18(25)8-6-2/h6,8-12H,5,7,13H2,1-4H3,(H,21,25)(H,22,26)/b8-6+. The van der Waals surface area contributed by atoms with E-state index in [0.29, 0.717) is 11.3 Å². The van der Waals surface area contributed by atoms with E-state index in [1.54, 1.807) is 37.3 Å². The van der Waals surface area contributed by atoms with Crippen molar-refractivity contribution in [2.75, 3.05) is 10.6 Å². The van der Waals surface area contributed by atoms with Gasteiger partial charge in [0.2, 0.25) is 5.91 Å². The van der Waals surface area contributed by atoms with Gasteiger partial charge in [-0.1, -0.05) is 19.4 Å². The van der Waals surface area contributed by atoms with E-state index in [4.69, 9.17) is 0 Å². The maximum absolute atomic E-state index is 12.5. The molecule has 1 aromatic heterocycles. The molecule has 6 heteroatoms. The molecule has 0 radical (unpaired) electrons. The number of nitrogens with one attached hydrogen (secondary N) is 2. The van der Waals surface area contributed by atoms with E-state index in [1.807, 2.05) is 18.5 Å². The molecule has 0 saturated carbocycles. The zero-order valence-corrected chi connectivity index (χ0v) is 15.8. The molecule has 1 aromatic carbocycles. The highest BCUT2D eigenvalue weighted by atomic mass is 16.2.